The van der Waals surface area contributed by atoms with Crippen molar-refractivity contribution in [1.82, 2.24) is 4.90 Å². The molecule has 0 rings (SSSR count). The van der Waals surface area contributed by atoms with Gasteiger partial charge in [-0.15, -0.1) is 0 Å². The molecular weight excluding hydrogens is 152 g/mol. The Morgan fingerprint density at radius 3 is 2.42 bits per heavy atom. The fourth-order valence-electron chi connectivity index (χ4n) is 1.07. The lowest BCUT2D eigenvalue weighted by molar-refractivity contribution is -0.134. The molecule has 0 aromatic heterocycles. The van der Waals surface area contributed by atoms with Crippen LogP contribution in [0.15, 0.2) is 0 Å². The van der Waals surface area contributed by atoms with E-state index in [9.17, 15) is 4.79 Å². The van der Waals surface area contributed by atoms with Crippen LogP contribution < -0.4 is 5.73 Å². The van der Waals surface area contributed by atoms with Crippen molar-refractivity contribution in [2.45, 2.75) is 27.2 Å². The summed E-state index contributed by atoms with van der Waals surface area (Å²) in [6.07, 6.45) is 0.903. The number of hydrogen-bond acceptors (Lipinski definition) is 2. The third-order valence-electron chi connectivity index (χ3n) is 2.13. The van der Waals surface area contributed by atoms with Gasteiger partial charge < -0.3 is 10.6 Å². The molecule has 0 heterocycles. The molecule has 12 heavy (non-hydrogen) atoms. The van der Waals surface area contributed by atoms with Gasteiger partial charge in [-0.25, -0.2) is 0 Å². The lowest BCUT2D eigenvalue weighted by atomic mass is 10.1. The first kappa shape index (κ1) is 11.4. The average Bonchev–Trinajstić information content (AvgIpc) is 2.11. The Morgan fingerprint density at radius 1 is 1.50 bits per heavy atom. The SMILES string of the molecule is CCC(C)C(=O)N(CC)CCN. The third-order valence-corrected chi connectivity index (χ3v) is 2.13. The number of nitrogens with two attached hydrogens (primary N) is 1. The van der Waals surface area contributed by atoms with Crippen molar-refractivity contribution in [3.8, 4) is 0 Å². The fraction of sp³-hybridized carbons (Fsp3) is 0.889. The maximum atomic E-state index is 11.6. The molecule has 2 N–H and O–H groups in total. The van der Waals surface area contributed by atoms with E-state index in [-0.39, 0.29) is 11.8 Å². The second-order valence-corrected chi connectivity index (χ2v) is 3.02. The van der Waals surface area contributed by atoms with Crippen molar-refractivity contribution in [2.24, 2.45) is 11.7 Å². The van der Waals surface area contributed by atoms with Crippen molar-refractivity contribution in [3.63, 3.8) is 0 Å². The summed E-state index contributed by atoms with van der Waals surface area (Å²) in [6.45, 7) is 7.96. The molecule has 0 fully saturated rings. The number of amides is 1. The zero-order valence-electron chi connectivity index (χ0n) is 8.34. The summed E-state index contributed by atoms with van der Waals surface area (Å²) in [4.78, 5) is 13.4. The Hall–Kier alpha value is -0.570. The highest BCUT2D eigenvalue weighted by Gasteiger charge is 2.16. The largest absolute Gasteiger partial charge is 0.341 e. The second-order valence-electron chi connectivity index (χ2n) is 3.02. The predicted molar refractivity (Wildman–Crippen MR) is 50.8 cm³/mol. The summed E-state index contributed by atoms with van der Waals surface area (Å²) < 4.78 is 0. The fourth-order valence-corrected chi connectivity index (χ4v) is 1.07. The van der Waals surface area contributed by atoms with Gasteiger partial charge in [0.25, 0.3) is 0 Å². The van der Waals surface area contributed by atoms with E-state index in [0.717, 1.165) is 13.0 Å². The van der Waals surface area contributed by atoms with E-state index < -0.39 is 0 Å². The van der Waals surface area contributed by atoms with Gasteiger partial charge in [0.2, 0.25) is 5.91 Å². The van der Waals surface area contributed by atoms with Gasteiger partial charge in [0.15, 0.2) is 0 Å². The van der Waals surface area contributed by atoms with Crippen LogP contribution in [0.5, 0.6) is 0 Å². The second kappa shape index (κ2) is 6.00. The normalized spacial score (nSPS) is 12.7. The van der Waals surface area contributed by atoms with Crippen LogP contribution in [0.4, 0.5) is 0 Å². The first-order valence-corrected chi connectivity index (χ1v) is 4.66. The van der Waals surface area contributed by atoms with Crippen LogP contribution >= 0.6 is 0 Å². The van der Waals surface area contributed by atoms with Crippen molar-refractivity contribution >= 4 is 5.91 Å². The third kappa shape index (κ3) is 3.22. The van der Waals surface area contributed by atoms with E-state index in [2.05, 4.69) is 0 Å². The molecule has 1 atom stereocenters. The van der Waals surface area contributed by atoms with Crippen LogP contribution in [-0.4, -0.2) is 30.4 Å². The molecular formula is C9H20N2O. The van der Waals surface area contributed by atoms with Crippen molar-refractivity contribution in [2.75, 3.05) is 19.6 Å². The van der Waals surface area contributed by atoms with Crippen molar-refractivity contribution < 1.29 is 4.79 Å². The van der Waals surface area contributed by atoms with E-state index in [4.69, 9.17) is 5.73 Å². The summed E-state index contributed by atoms with van der Waals surface area (Å²) in [6, 6.07) is 0. The summed E-state index contributed by atoms with van der Waals surface area (Å²) in [5.41, 5.74) is 5.39. The number of hydrogen-bond donors (Lipinski definition) is 1. The maximum Gasteiger partial charge on any atom is 0.225 e. The van der Waals surface area contributed by atoms with Crippen molar-refractivity contribution in [1.29, 1.82) is 0 Å². The van der Waals surface area contributed by atoms with Gasteiger partial charge in [-0.2, -0.15) is 0 Å². The smallest absolute Gasteiger partial charge is 0.225 e. The Balaban J connectivity index is 4.01. The highest BCUT2D eigenvalue weighted by atomic mass is 16.2. The first-order chi connectivity index (χ1) is 5.67. The van der Waals surface area contributed by atoms with E-state index in [0.29, 0.717) is 13.1 Å². The van der Waals surface area contributed by atoms with Gasteiger partial charge >= 0.3 is 0 Å². The topological polar surface area (TPSA) is 46.3 Å². The minimum Gasteiger partial charge on any atom is -0.341 e. The monoisotopic (exact) mass is 172 g/mol. The van der Waals surface area contributed by atoms with Gasteiger partial charge in [0.1, 0.15) is 0 Å². The van der Waals surface area contributed by atoms with Crippen LogP contribution in [-0.2, 0) is 4.79 Å². The molecule has 3 heteroatoms. The Morgan fingerprint density at radius 2 is 2.08 bits per heavy atom. The molecule has 0 aliphatic heterocycles. The van der Waals surface area contributed by atoms with Gasteiger partial charge in [-0.1, -0.05) is 13.8 Å². The molecule has 0 saturated heterocycles. The van der Waals surface area contributed by atoms with Crippen LogP contribution in [0.25, 0.3) is 0 Å². The van der Waals surface area contributed by atoms with E-state index in [1.807, 2.05) is 25.7 Å². The minimum atomic E-state index is 0.136. The van der Waals surface area contributed by atoms with Crippen molar-refractivity contribution in [3.05, 3.63) is 0 Å². The molecule has 0 aliphatic carbocycles. The van der Waals surface area contributed by atoms with E-state index in [1.165, 1.54) is 0 Å². The van der Waals surface area contributed by atoms with E-state index >= 15 is 0 Å². The number of nitrogens with zero attached hydrogens (tertiary/aromatic N) is 1. The summed E-state index contributed by atoms with van der Waals surface area (Å²) in [5, 5.41) is 0. The van der Waals surface area contributed by atoms with Crippen LogP contribution in [0, 0.1) is 5.92 Å². The first-order valence-electron chi connectivity index (χ1n) is 4.66. The van der Waals surface area contributed by atoms with Gasteiger partial charge in [0, 0.05) is 25.6 Å². The maximum absolute atomic E-state index is 11.6. The zero-order valence-corrected chi connectivity index (χ0v) is 8.34. The quantitative estimate of drug-likeness (QED) is 0.668. The number of rotatable bonds is 5. The molecule has 0 radical (unpaired) electrons. The molecule has 0 bridgehead atoms. The summed E-state index contributed by atoms with van der Waals surface area (Å²) in [5.74, 6) is 0.363. The molecule has 1 amide bonds. The molecule has 72 valence electrons. The molecule has 0 aromatic rings. The Bertz CT molecular complexity index is 136. The molecule has 0 saturated carbocycles. The number of carbonyl (C=O) groups excluding carboxylic acids is 1. The van der Waals surface area contributed by atoms with Gasteiger partial charge in [0.05, 0.1) is 0 Å². The molecule has 0 aliphatic rings. The highest BCUT2D eigenvalue weighted by Crippen LogP contribution is 2.05. The molecule has 0 aromatic carbocycles. The average molecular weight is 172 g/mol. The van der Waals surface area contributed by atoms with Crippen LogP contribution in [0.1, 0.15) is 27.2 Å². The molecule has 0 spiro atoms. The summed E-state index contributed by atoms with van der Waals surface area (Å²) >= 11 is 0. The Kier molecular flexibility index (Phi) is 5.72. The Labute approximate surface area is 74.9 Å². The molecule has 3 nitrogen and oxygen atoms in total. The van der Waals surface area contributed by atoms with Gasteiger partial charge in [-0.3, -0.25) is 4.79 Å². The number of carbonyl (C=O) groups is 1. The van der Waals surface area contributed by atoms with Crippen LogP contribution in [0.3, 0.4) is 0 Å². The zero-order chi connectivity index (χ0) is 9.56. The van der Waals surface area contributed by atoms with E-state index in [1.54, 1.807) is 0 Å². The van der Waals surface area contributed by atoms with Gasteiger partial charge in [-0.05, 0) is 13.3 Å². The number of likely N-dealkylation sites (N-methyl/N-ethyl adjacent to an activating group) is 1. The summed E-state index contributed by atoms with van der Waals surface area (Å²) in [7, 11) is 0. The molecule has 1 unspecified atom stereocenters. The predicted octanol–water partition coefficient (Wildman–Crippen LogP) is 0.840. The lowest BCUT2D eigenvalue weighted by Gasteiger charge is -2.23. The minimum absolute atomic E-state index is 0.136. The van der Waals surface area contributed by atoms with Crippen LogP contribution in [0.2, 0.25) is 0 Å². The highest BCUT2D eigenvalue weighted by molar-refractivity contribution is 5.78. The standard InChI is InChI=1S/C9H20N2O/c1-4-8(3)9(12)11(5-2)7-6-10/h8H,4-7,10H2,1-3H3. The lowest BCUT2D eigenvalue weighted by Crippen LogP contribution is -2.38.